The van der Waals surface area contributed by atoms with Crippen molar-refractivity contribution in [2.75, 3.05) is 31.1 Å². The highest BCUT2D eigenvalue weighted by molar-refractivity contribution is 6.31. The quantitative estimate of drug-likeness (QED) is 0.753. The molecular weight excluding hydrogens is 350 g/mol. The number of hydrogen-bond donors (Lipinski definition) is 0. The van der Waals surface area contributed by atoms with E-state index in [9.17, 15) is 4.79 Å². The summed E-state index contributed by atoms with van der Waals surface area (Å²) in [4.78, 5) is 21.5. The number of fused-ring (bicyclic) bond motifs is 1. The van der Waals surface area contributed by atoms with Crippen molar-refractivity contribution < 1.29 is 9.21 Å². The lowest BCUT2D eigenvalue weighted by molar-refractivity contribution is -0.132. The van der Waals surface area contributed by atoms with Crippen molar-refractivity contribution in [1.82, 2.24) is 9.88 Å². The van der Waals surface area contributed by atoms with Gasteiger partial charge in [-0.05, 0) is 56.6 Å². The number of piperidine rings is 1. The van der Waals surface area contributed by atoms with Gasteiger partial charge in [0.05, 0.1) is 0 Å². The molecule has 1 saturated heterocycles. The molecule has 0 radical (unpaired) electrons. The van der Waals surface area contributed by atoms with Crippen LogP contribution in [0.3, 0.4) is 0 Å². The Morgan fingerprint density at radius 1 is 1.35 bits per heavy atom. The van der Waals surface area contributed by atoms with E-state index in [2.05, 4.69) is 16.8 Å². The Morgan fingerprint density at radius 2 is 2.19 bits per heavy atom. The largest absolute Gasteiger partial charge is 0.423 e. The van der Waals surface area contributed by atoms with Gasteiger partial charge >= 0.3 is 0 Å². The number of amides is 1. The molecule has 1 aromatic heterocycles. The number of hydrogen-bond acceptors (Lipinski definition) is 4. The van der Waals surface area contributed by atoms with E-state index in [1.54, 1.807) is 6.07 Å². The van der Waals surface area contributed by atoms with Crippen LogP contribution >= 0.6 is 11.6 Å². The number of carbonyl (C=O) groups is 1. The molecular formula is C20H26ClN3O2. The molecule has 1 atom stereocenters. The van der Waals surface area contributed by atoms with Crippen molar-refractivity contribution in [1.29, 1.82) is 0 Å². The van der Waals surface area contributed by atoms with Crippen LogP contribution < -0.4 is 4.90 Å². The van der Waals surface area contributed by atoms with Crippen LogP contribution in [-0.4, -0.2) is 42.0 Å². The number of halogens is 1. The lowest BCUT2D eigenvalue weighted by Crippen LogP contribution is -2.39. The molecule has 6 heteroatoms. The van der Waals surface area contributed by atoms with Gasteiger partial charge in [-0.25, -0.2) is 0 Å². The summed E-state index contributed by atoms with van der Waals surface area (Å²) >= 11 is 6.03. The van der Waals surface area contributed by atoms with Crippen LogP contribution in [0.4, 0.5) is 6.01 Å². The van der Waals surface area contributed by atoms with Gasteiger partial charge in [0.2, 0.25) is 5.91 Å². The molecule has 2 aliphatic rings. The Balaban J connectivity index is 1.40. The van der Waals surface area contributed by atoms with E-state index in [1.807, 2.05) is 17.0 Å². The fourth-order valence-corrected chi connectivity index (χ4v) is 3.98. The van der Waals surface area contributed by atoms with Crippen LogP contribution in [-0.2, 0) is 4.79 Å². The van der Waals surface area contributed by atoms with E-state index in [1.165, 1.54) is 12.8 Å². The third-order valence-electron chi connectivity index (χ3n) is 5.50. The van der Waals surface area contributed by atoms with Gasteiger partial charge in [-0.2, -0.15) is 4.98 Å². The first-order chi connectivity index (χ1) is 12.6. The van der Waals surface area contributed by atoms with Crippen LogP contribution in [0, 0.1) is 11.8 Å². The zero-order chi connectivity index (χ0) is 18.1. The van der Waals surface area contributed by atoms with Crippen LogP contribution in [0.5, 0.6) is 0 Å². The van der Waals surface area contributed by atoms with Gasteiger partial charge in [0.25, 0.3) is 6.01 Å². The van der Waals surface area contributed by atoms with E-state index >= 15 is 0 Å². The first kappa shape index (κ1) is 17.7. The number of aromatic nitrogens is 1. The van der Waals surface area contributed by atoms with Crippen molar-refractivity contribution in [3.05, 3.63) is 23.2 Å². The van der Waals surface area contributed by atoms with Crippen molar-refractivity contribution in [3.63, 3.8) is 0 Å². The Labute approximate surface area is 159 Å². The SMILES string of the molecule is CCN(CC1CC1)C(=O)CC1CCCN(c2nc3ccc(Cl)cc3o2)C1. The van der Waals surface area contributed by atoms with Gasteiger partial charge in [0.15, 0.2) is 5.58 Å². The lowest BCUT2D eigenvalue weighted by Gasteiger charge is -2.32. The van der Waals surface area contributed by atoms with E-state index in [4.69, 9.17) is 16.0 Å². The fraction of sp³-hybridized carbons (Fsp3) is 0.600. The first-order valence-corrected chi connectivity index (χ1v) is 10.1. The van der Waals surface area contributed by atoms with Crippen molar-refractivity contribution >= 4 is 34.6 Å². The van der Waals surface area contributed by atoms with Crippen molar-refractivity contribution in [3.8, 4) is 0 Å². The molecule has 5 nitrogen and oxygen atoms in total. The second-order valence-electron chi connectivity index (χ2n) is 7.64. The van der Waals surface area contributed by atoms with Crippen molar-refractivity contribution in [2.24, 2.45) is 11.8 Å². The third-order valence-corrected chi connectivity index (χ3v) is 5.74. The number of anilines is 1. The molecule has 0 spiro atoms. The van der Waals surface area contributed by atoms with Gasteiger partial charge < -0.3 is 14.2 Å². The number of oxazole rings is 1. The van der Waals surface area contributed by atoms with Crippen LogP contribution in [0.25, 0.3) is 11.1 Å². The molecule has 1 amide bonds. The summed E-state index contributed by atoms with van der Waals surface area (Å²) in [7, 11) is 0. The number of rotatable bonds is 6. The smallest absolute Gasteiger partial charge is 0.298 e. The summed E-state index contributed by atoms with van der Waals surface area (Å²) in [6, 6.07) is 6.15. The maximum atomic E-state index is 12.7. The van der Waals surface area contributed by atoms with Gasteiger partial charge in [0, 0.05) is 43.7 Å². The molecule has 1 aromatic carbocycles. The Morgan fingerprint density at radius 3 is 2.96 bits per heavy atom. The normalized spacial score (nSPS) is 20.5. The van der Waals surface area contributed by atoms with Gasteiger partial charge in [-0.15, -0.1) is 0 Å². The Kier molecular flexibility index (Phi) is 5.07. The average Bonchev–Trinajstić information content (AvgIpc) is 3.36. The molecule has 1 saturated carbocycles. The molecule has 1 aliphatic carbocycles. The standard InChI is InChI=1S/C20H26ClN3O2/c1-2-23(12-14-5-6-14)19(25)10-15-4-3-9-24(13-15)20-22-17-8-7-16(21)11-18(17)26-20/h7-8,11,14-15H,2-6,9-10,12-13H2,1H3. The van der Waals surface area contributed by atoms with E-state index in [0.29, 0.717) is 34.9 Å². The molecule has 1 aliphatic heterocycles. The minimum absolute atomic E-state index is 0.301. The minimum atomic E-state index is 0.301. The molecule has 1 unspecified atom stereocenters. The van der Waals surface area contributed by atoms with E-state index in [0.717, 1.165) is 50.5 Å². The molecule has 26 heavy (non-hydrogen) atoms. The van der Waals surface area contributed by atoms with Crippen LogP contribution in [0.15, 0.2) is 22.6 Å². The lowest BCUT2D eigenvalue weighted by atomic mass is 9.94. The molecule has 2 aromatic rings. The second kappa shape index (κ2) is 7.47. The van der Waals surface area contributed by atoms with Crippen molar-refractivity contribution in [2.45, 2.75) is 39.0 Å². The Hall–Kier alpha value is -1.75. The summed E-state index contributed by atoms with van der Waals surface area (Å²) in [6.45, 7) is 5.59. The maximum Gasteiger partial charge on any atom is 0.298 e. The summed E-state index contributed by atoms with van der Waals surface area (Å²) in [5, 5.41) is 0.651. The van der Waals surface area contributed by atoms with Gasteiger partial charge in [-0.1, -0.05) is 11.6 Å². The summed E-state index contributed by atoms with van der Waals surface area (Å²) in [6.07, 6.45) is 5.34. The first-order valence-electron chi connectivity index (χ1n) is 9.71. The van der Waals surface area contributed by atoms with Gasteiger partial charge in [0.1, 0.15) is 5.52 Å². The second-order valence-corrected chi connectivity index (χ2v) is 8.08. The van der Waals surface area contributed by atoms with E-state index < -0.39 is 0 Å². The van der Waals surface area contributed by atoms with E-state index in [-0.39, 0.29) is 0 Å². The molecule has 2 fully saturated rings. The molecule has 2 heterocycles. The zero-order valence-electron chi connectivity index (χ0n) is 15.3. The summed E-state index contributed by atoms with van der Waals surface area (Å²) in [5.41, 5.74) is 1.54. The van der Waals surface area contributed by atoms with Crippen LogP contribution in [0.2, 0.25) is 5.02 Å². The fourth-order valence-electron chi connectivity index (χ4n) is 3.82. The molecule has 140 valence electrons. The highest BCUT2D eigenvalue weighted by Crippen LogP contribution is 2.31. The number of carbonyl (C=O) groups excluding carboxylic acids is 1. The highest BCUT2D eigenvalue weighted by atomic mass is 35.5. The topological polar surface area (TPSA) is 49.6 Å². The zero-order valence-corrected chi connectivity index (χ0v) is 16.0. The predicted molar refractivity (Wildman–Crippen MR) is 104 cm³/mol. The Bertz CT molecular complexity index is 786. The maximum absolute atomic E-state index is 12.7. The number of nitrogens with zero attached hydrogens (tertiary/aromatic N) is 3. The summed E-state index contributed by atoms with van der Waals surface area (Å²) < 4.78 is 5.91. The van der Waals surface area contributed by atoms with Gasteiger partial charge in [-0.3, -0.25) is 4.79 Å². The average molecular weight is 376 g/mol. The van der Waals surface area contributed by atoms with Crippen LogP contribution in [0.1, 0.15) is 39.0 Å². The third kappa shape index (κ3) is 3.98. The molecule has 0 N–H and O–H groups in total. The number of benzene rings is 1. The minimum Gasteiger partial charge on any atom is -0.423 e. The highest BCUT2D eigenvalue weighted by Gasteiger charge is 2.29. The molecule has 4 rings (SSSR count). The summed E-state index contributed by atoms with van der Waals surface area (Å²) in [5.74, 6) is 1.41. The monoisotopic (exact) mass is 375 g/mol. The molecule has 0 bridgehead atoms. The predicted octanol–water partition coefficient (Wildman–Crippen LogP) is 4.35.